The Kier molecular flexibility index (Phi) is 2.18. The zero-order valence-corrected chi connectivity index (χ0v) is 7.85. The number of anilines is 1. The number of nitrogens with zero attached hydrogens (tertiary/aromatic N) is 4. The van der Waals surface area contributed by atoms with E-state index in [0.29, 0.717) is 11.7 Å². The summed E-state index contributed by atoms with van der Waals surface area (Å²) in [6, 6.07) is 0. The van der Waals surface area contributed by atoms with Gasteiger partial charge in [-0.3, -0.25) is 0 Å². The molecule has 0 aromatic carbocycles. The van der Waals surface area contributed by atoms with Gasteiger partial charge in [0.25, 0.3) is 0 Å². The SMILES string of the molecule is CN1CCC(Cn2ncc(N)n2)C1. The average molecular weight is 181 g/mol. The highest BCUT2D eigenvalue weighted by atomic mass is 15.5. The van der Waals surface area contributed by atoms with Gasteiger partial charge >= 0.3 is 0 Å². The molecule has 1 unspecified atom stereocenters. The molecule has 0 spiro atoms. The predicted octanol–water partition coefficient (Wildman–Crippen LogP) is -0.188. The molecule has 0 amide bonds. The minimum absolute atomic E-state index is 0.506. The Morgan fingerprint density at radius 2 is 2.54 bits per heavy atom. The lowest BCUT2D eigenvalue weighted by molar-refractivity contribution is 0.357. The maximum absolute atomic E-state index is 5.48. The fourth-order valence-electron chi connectivity index (χ4n) is 1.80. The molecule has 1 aromatic rings. The normalized spacial score (nSPS) is 23.9. The van der Waals surface area contributed by atoms with Gasteiger partial charge in [0, 0.05) is 6.54 Å². The van der Waals surface area contributed by atoms with Crippen LogP contribution in [-0.2, 0) is 6.54 Å². The molecule has 1 aromatic heterocycles. The summed E-state index contributed by atoms with van der Waals surface area (Å²) in [5.41, 5.74) is 5.48. The molecule has 0 saturated carbocycles. The quantitative estimate of drug-likeness (QED) is 0.687. The Labute approximate surface area is 77.5 Å². The minimum atomic E-state index is 0.506. The first-order chi connectivity index (χ1) is 6.24. The van der Waals surface area contributed by atoms with Gasteiger partial charge in [0.15, 0.2) is 5.82 Å². The number of nitrogens with two attached hydrogens (primary N) is 1. The van der Waals surface area contributed by atoms with Crippen LogP contribution in [0.15, 0.2) is 6.20 Å². The topological polar surface area (TPSA) is 60.0 Å². The maximum Gasteiger partial charge on any atom is 0.165 e. The van der Waals surface area contributed by atoms with Gasteiger partial charge in [-0.05, 0) is 25.9 Å². The molecule has 1 atom stereocenters. The number of rotatable bonds is 2. The zero-order chi connectivity index (χ0) is 9.26. The molecule has 2 heterocycles. The van der Waals surface area contributed by atoms with Crippen molar-refractivity contribution in [1.29, 1.82) is 0 Å². The third-order valence-corrected chi connectivity index (χ3v) is 2.46. The van der Waals surface area contributed by atoms with Crippen molar-refractivity contribution in [2.24, 2.45) is 5.92 Å². The van der Waals surface area contributed by atoms with Gasteiger partial charge in [-0.25, -0.2) is 0 Å². The minimum Gasteiger partial charge on any atom is -0.381 e. The molecule has 1 fully saturated rings. The third kappa shape index (κ3) is 1.98. The van der Waals surface area contributed by atoms with E-state index >= 15 is 0 Å². The molecule has 0 aliphatic carbocycles. The Balaban J connectivity index is 1.91. The smallest absolute Gasteiger partial charge is 0.165 e. The van der Waals surface area contributed by atoms with Crippen LogP contribution in [0.3, 0.4) is 0 Å². The van der Waals surface area contributed by atoms with Crippen LogP contribution in [0.2, 0.25) is 0 Å². The molecule has 72 valence electrons. The lowest BCUT2D eigenvalue weighted by Crippen LogP contribution is -2.18. The highest BCUT2D eigenvalue weighted by molar-refractivity contribution is 5.19. The van der Waals surface area contributed by atoms with Crippen molar-refractivity contribution >= 4 is 5.82 Å². The van der Waals surface area contributed by atoms with Crippen molar-refractivity contribution in [3.05, 3.63) is 6.20 Å². The molecule has 13 heavy (non-hydrogen) atoms. The summed E-state index contributed by atoms with van der Waals surface area (Å²) in [7, 11) is 2.14. The van der Waals surface area contributed by atoms with Crippen molar-refractivity contribution in [1.82, 2.24) is 19.9 Å². The van der Waals surface area contributed by atoms with Gasteiger partial charge < -0.3 is 10.6 Å². The molecular formula is C8H15N5. The standard InChI is InChI=1S/C8H15N5/c1-12-3-2-7(5-12)6-13-10-4-8(9)11-13/h4,7H,2-3,5-6H2,1H3,(H2,9,11). The molecule has 0 bridgehead atoms. The number of likely N-dealkylation sites (tertiary alicyclic amines) is 1. The predicted molar refractivity (Wildman–Crippen MR) is 50.0 cm³/mol. The fraction of sp³-hybridized carbons (Fsp3) is 0.750. The van der Waals surface area contributed by atoms with E-state index in [0.717, 1.165) is 13.1 Å². The first-order valence-electron chi connectivity index (χ1n) is 4.58. The van der Waals surface area contributed by atoms with Crippen LogP contribution in [0, 0.1) is 5.92 Å². The largest absolute Gasteiger partial charge is 0.381 e. The maximum atomic E-state index is 5.48. The average Bonchev–Trinajstić information content (AvgIpc) is 2.62. The molecule has 2 N–H and O–H groups in total. The van der Waals surface area contributed by atoms with Gasteiger partial charge in [0.1, 0.15) is 0 Å². The summed E-state index contributed by atoms with van der Waals surface area (Å²) in [6.45, 7) is 3.21. The molecule has 1 saturated heterocycles. The Bertz CT molecular complexity index is 282. The Hall–Kier alpha value is -1.10. The van der Waals surface area contributed by atoms with E-state index in [1.807, 2.05) is 0 Å². The van der Waals surface area contributed by atoms with Crippen LogP contribution in [0.25, 0.3) is 0 Å². The third-order valence-electron chi connectivity index (χ3n) is 2.46. The molecule has 5 heteroatoms. The Morgan fingerprint density at radius 3 is 3.08 bits per heavy atom. The van der Waals surface area contributed by atoms with Crippen molar-refractivity contribution in [2.75, 3.05) is 25.9 Å². The van der Waals surface area contributed by atoms with Crippen LogP contribution < -0.4 is 5.73 Å². The first-order valence-corrected chi connectivity index (χ1v) is 4.58. The van der Waals surface area contributed by atoms with E-state index < -0.39 is 0 Å². The molecule has 5 nitrogen and oxygen atoms in total. The first kappa shape index (κ1) is 8.50. The summed E-state index contributed by atoms with van der Waals surface area (Å²) in [6.07, 6.45) is 2.83. The van der Waals surface area contributed by atoms with Gasteiger partial charge in [0.05, 0.1) is 12.7 Å². The van der Waals surface area contributed by atoms with E-state index in [1.54, 1.807) is 11.0 Å². The summed E-state index contributed by atoms with van der Waals surface area (Å²) in [5, 5.41) is 8.13. The van der Waals surface area contributed by atoms with Gasteiger partial charge in [-0.15, -0.1) is 5.10 Å². The van der Waals surface area contributed by atoms with Crippen molar-refractivity contribution in [3.63, 3.8) is 0 Å². The van der Waals surface area contributed by atoms with E-state index in [1.165, 1.54) is 13.0 Å². The van der Waals surface area contributed by atoms with Crippen molar-refractivity contribution in [2.45, 2.75) is 13.0 Å². The van der Waals surface area contributed by atoms with Gasteiger partial charge in [0.2, 0.25) is 0 Å². The highest BCUT2D eigenvalue weighted by Gasteiger charge is 2.20. The summed E-state index contributed by atoms with van der Waals surface area (Å²) >= 11 is 0. The molecular weight excluding hydrogens is 166 g/mol. The van der Waals surface area contributed by atoms with Gasteiger partial charge in [-0.2, -0.15) is 9.90 Å². The van der Waals surface area contributed by atoms with E-state index in [9.17, 15) is 0 Å². The number of hydrogen-bond donors (Lipinski definition) is 1. The molecule has 1 aliphatic heterocycles. The lowest BCUT2D eigenvalue weighted by Gasteiger charge is -2.08. The van der Waals surface area contributed by atoms with Crippen LogP contribution in [0.5, 0.6) is 0 Å². The van der Waals surface area contributed by atoms with E-state index in [2.05, 4.69) is 22.1 Å². The second kappa shape index (κ2) is 3.33. The molecule has 0 radical (unpaired) electrons. The molecule has 1 aliphatic rings. The second-order valence-electron chi connectivity index (χ2n) is 3.74. The van der Waals surface area contributed by atoms with Crippen LogP contribution in [-0.4, -0.2) is 40.0 Å². The fourth-order valence-corrected chi connectivity index (χ4v) is 1.80. The monoisotopic (exact) mass is 181 g/mol. The summed E-state index contributed by atoms with van der Waals surface area (Å²) in [4.78, 5) is 4.02. The van der Waals surface area contributed by atoms with Crippen molar-refractivity contribution in [3.8, 4) is 0 Å². The zero-order valence-electron chi connectivity index (χ0n) is 7.85. The van der Waals surface area contributed by atoms with Gasteiger partial charge in [-0.1, -0.05) is 0 Å². The summed E-state index contributed by atoms with van der Waals surface area (Å²) < 4.78 is 0. The number of hydrogen-bond acceptors (Lipinski definition) is 4. The Morgan fingerprint density at radius 1 is 1.69 bits per heavy atom. The molecule has 2 rings (SSSR count). The van der Waals surface area contributed by atoms with Crippen LogP contribution in [0.4, 0.5) is 5.82 Å². The van der Waals surface area contributed by atoms with Crippen LogP contribution >= 0.6 is 0 Å². The second-order valence-corrected chi connectivity index (χ2v) is 3.74. The lowest BCUT2D eigenvalue weighted by atomic mass is 10.1. The van der Waals surface area contributed by atoms with Crippen LogP contribution in [0.1, 0.15) is 6.42 Å². The highest BCUT2D eigenvalue weighted by Crippen LogP contribution is 2.15. The number of nitrogen functional groups attached to an aromatic ring is 1. The number of aromatic nitrogens is 3. The van der Waals surface area contributed by atoms with Crippen molar-refractivity contribution < 1.29 is 0 Å². The summed E-state index contributed by atoms with van der Waals surface area (Å²) in [5.74, 6) is 1.18. The van der Waals surface area contributed by atoms with E-state index in [-0.39, 0.29) is 0 Å². The van der Waals surface area contributed by atoms with E-state index in [4.69, 9.17) is 5.73 Å².